The van der Waals surface area contributed by atoms with Crippen molar-refractivity contribution in [1.82, 2.24) is 15.4 Å². The van der Waals surface area contributed by atoms with E-state index in [2.05, 4.69) is 24.3 Å². The second-order valence-electron chi connectivity index (χ2n) is 5.66. The van der Waals surface area contributed by atoms with E-state index < -0.39 is 0 Å². The highest BCUT2D eigenvalue weighted by molar-refractivity contribution is 5.73. The van der Waals surface area contributed by atoms with Gasteiger partial charge in [0.1, 0.15) is 0 Å². The van der Waals surface area contributed by atoms with Crippen molar-refractivity contribution in [2.75, 3.05) is 0 Å². The van der Waals surface area contributed by atoms with Gasteiger partial charge < -0.3 is 0 Å². The van der Waals surface area contributed by atoms with E-state index in [9.17, 15) is 0 Å². The molecule has 2 aromatic rings. The van der Waals surface area contributed by atoms with E-state index in [1.165, 1.54) is 25.7 Å². The van der Waals surface area contributed by atoms with Crippen LogP contribution in [0, 0.1) is 5.92 Å². The van der Waals surface area contributed by atoms with Crippen molar-refractivity contribution in [3.8, 4) is 0 Å². The standard InChI is InChI=1S/C17H26N4/c1-3-5-8-13(4-2)11-16(21-18)17-12-19-14-9-6-7-10-15(14)20-17/h6-7,9-10,12-13,16,21H,3-5,8,11,18H2,1-2H3. The van der Waals surface area contributed by atoms with E-state index in [1.54, 1.807) is 0 Å². The third-order valence-corrected chi connectivity index (χ3v) is 4.14. The molecule has 3 N–H and O–H groups in total. The lowest BCUT2D eigenvalue weighted by Crippen LogP contribution is -2.30. The highest BCUT2D eigenvalue weighted by Gasteiger charge is 2.17. The van der Waals surface area contributed by atoms with Gasteiger partial charge >= 0.3 is 0 Å². The molecule has 1 aromatic carbocycles. The Morgan fingerprint density at radius 1 is 1.19 bits per heavy atom. The fourth-order valence-electron chi connectivity index (χ4n) is 2.73. The Morgan fingerprint density at radius 3 is 2.62 bits per heavy atom. The summed E-state index contributed by atoms with van der Waals surface area (Å²) < 4.78 is 0. The number of hydrogen-bond acceptors (Lipinski definition) is 4. The van der Waals surface area contributed by atoms with Crippen LogP contribution < -0.4 is 11.3 Å². The van der Waals surface area contributed by atoms with Crippen molar-refractivity contribution in [3.05, 3.63) is 36.2 Å². The molecule has 0 aliphatic heterocycles. The summed E-state index contributed by atoms with van der Waals surface area (Å²) in [5.41, 5.74) is 5.71. The summed E-state index contributed by atoms with van der Waals surface area (Å²) >= 11 is 0. The van der Waals surface area contributed by atoms with Crippen molar-refractivity contribution in [1.29, 1.82) is 0 Å². The van der Waals surface area contributed by atoms with Gasteiger partial charge in [0.2, 0.25) is 0 Å². The molecule has 4 heteroatoms. The van der Waals surface area contributed by atoms with Gasteiger partial charge in [-0.2, -0.15) is 0 Å². The summed E-state index contributed by atoms with van der Waals surface area (Å²) in [6, 6.07) is 8.01. The third-order valence-electron chi connectivity index (χ3n) is 4.14. The number of nitrogens with zero attached hydrogens (tertiary/aromatic N) is 2. The predicted octanol–water partition coefficient (Wildman–Crippen LogP) is 3.74. The topological polar surface area (TPSA) is 63.8 Å². The molecule has 2 atom stereocenters. The normalized spacial score (nSPS) is 14.2. The number of unbranched alkanes of at least 4 members (excludes halogenated alkanes) is 1. The van der Waals surface area contributed by atoms with Crippen LogP contribution in [0.5, 0.6) is 0 Å². The van der Waals surface area contributed by atoms with E-state index in [0.29, 0.717) is 5.92 Å². The molecular formula is C17H26N4. The SMILES string of the molecule is CCCCC(CC)CC(NN)c1cnc2ccccc2n1. The number of aromatic nitrogens is 2. The second-order valence-corrected chi connectivity index (χ2v) is 5.66. The number of para-hydroxylation sites is 2. The Labute approximate surface area is 127 Å². The lowest BCUT2D eigenvalue weighted by molar-refractivity contribution is 0.352. The first-order valence-corrected chi connectivity index (χ1v) is 7.96. The van der Waals surface area contributed by atoms with E-state index in [4.69, 9.17) is 10.8 Å². The average Bonchev–Trinajstić information content (AvgIpc) is 2.55. The number of nitrogens with one attached hydrogen (secondary N) is 1. The molecule has 0 saturated heterocycles. The molecule has 2 unspecified atom stereocenters. The van der Waals surface area contributed by atoms with E-state index in [-0.39, 0.29) is 6.04 Å². The third kappa shape index (κ3) is 4.22. The van der Waals surface area contributed by atoms with Gasteiger partial charge in [-0.05, 0) is 24.5 Å². The first kappa shape index (κ1) is 15.9. The number of hydrogen-bond donors (Lipinski definition) is 2. The molecule has 0 radical (unpaired) electrons. The lowest BCUT2D eigenvalue weighted by Gasteiger charge is -2.21. The van der Waals surface area contributed by atoms with Crippen LogP contribution in [0.25, 0.3) is 11.0 Å². The van der Waals surface area contributed by atoms with Gasteiger partial charge in [0, 0.05) is 0 Å². The van der Waals surface area contributed by atoms with E-state index >= 15 is 0 Å². The zero-order chi connectivity index (χ0) is 15.1. The van der Waals surface area contributed by atoms with Crippen molar-refractivity contribution >= 4 is 11.0 Å². The molecule has 0 saturated carbocycles. The largest absolute Gasteiger partial charge is 0.271 e. The maximum atomic E-state index is 5.76. The van der Waals surface area contributed by atoms with Crippen molar-refractivity contribution in [2.24, 2.45) is 11.8 Å². The minimum Gasteiger partial charge on any atom is -0.271 e. The van der Waals surface area contributed by atoms with Crippen molar-refractivity contribution < 1.29 is 0 Å². The molecule has 0 aliphatic carbocycles. The monoisotopic (exact) mass is 286 g/mol. The highest BCUT2D eigenvalue weighted by Crippen LogP contribution is 2.25. The predicted molar refractivity (Wildman–Crippen MR) is 87.5 cm³/mol. The van der Waals surface area contributed by atoms with Gasteiger partial charge in [-0.3, -0.25) is 16.3 Å². The maximum absolute atomic E-state index is 5.76. The second kappa shape index (κ2) is 8.05. The first-order chi connectivity index (χ1) is 10.3. The van der Waals surface area contributed by atoms with Crippen LogP contribution in [-0.2, 0) is 0 Å². The molecule has 0 amide bonds. The fourth-order valence-corrected chi connectivity index (χ4v) is 2.73. The number of nitrogens with two attached hydrogens (primary N) is 1. The van der Waals surface area contributed by atoms with Crippen LogP contribution in [0.3, 0.4) is 0 Å². The van der Waals surface area contributed by atoms with Crippen LogP contribution in [0.2, 0.25) is 0 Å². The number of rotatable bonds is 8. The lowest BCUT2D eigenvalue weighted by atomic mass is 9.91. The minimum absolute atomic E-state index is 0.0731. The van der Waals surface area contributed by atoms with Crippen molar-refractivity contribution in [2.45, 2.75) is 52.0 Å². The Bertz CT molecular complexity index is 555. The van der Waals surface area contributed by atoms with Crippen LogP contribution >= 0.6 is 0 Å². The van der Waals surface area contributed by atoms with Crippen LogP contribution in [0.1, 0.15) is 57.7 Å². The van der Waals surface area contributed by atoms with Gasteiger partial charge in [-0.15, -0.1) is 0 Å². The molecule has 2 rings (SSSR count). The van der Waals surface area contributed by atoms with E-state index in [1.807, 2.05) is 30.5 Å². The Hall–Kier alpha value is -1.52. The average molecular weight is 286 g/mol. The summed E-state index contributed by atoms with van der Waals surface area (Å²) in [5.74, 6) is 6.44. The quantitative estimate of drug-likeness (QED) is 0.573. The Balaban J connectivity index is 2.14. The zero-order valence-electron chi connectivity index (χ0n) is 13.0. The van der Waals surface area contributed by atoms with Gasteiger partial charge in [-0.25, -0.2) is 4.98 Å². The molecule has 21 heavy (non-hydrogen) atoms. The molecule has 1 aromatic heterocycles. The van der Waals surface area contributed by atoms with E-state index in [0.717, 1.165) is 23.1 Å². The Kier molecular flexibility index (Phi) is 6.08. The van der Waals surface area contributed by atoms with Crippen molar-refractivity contribution in [3.63, 3.8) is 0 Å². The molecule has 0 bridgehead atoms. The van der Waals surface area contributed by atoms with Crippen LogP contribution in [0.4, 0.5) is 0 Å². The molecular weight excluding hydrogens is 260 g/mol. The van der Waals surface area contributed by atoms with Gasteiger partial charge in [-0.1, -0.05) is 51.7 Å². The molecule has 0 spiro atoms. The molecule has 1 heterocycles. The van der Waals surface area contributed by atoms with Gasteiger partial charge in [0.25, 0.3) is 0 Å². The fraction of sp³-hybridized carbons (Fsp3) is 0.529. The Morgan fingerprint density at radius 2 is 1.95 bits per heavy atom. The molecule has 4 nitrogen and oxygen atoms in total. The first-order valence-electron chi connectivity index (χ1n) is 7.96. The molecule has 0 fully saturated rings. The van der Waals surface area contributed by atoms with Gasteiger partial charge in [0.15, 0.2) is 0 Å². The summed E-state index contributed by atoms with van der Waals surface area (Å²) in [6.07, 6.45) is 7.82. The van der Waals surface area contributed by atoms with Crippen LogP contribution in [0.15, 0.2) is 30.5 Å². The number of benzene rings is 1. The minimum atomic E-state index is 0.0731. The summed E-state index contributed by atoms with van der Waals surface area (Å²) in [4.78, 5) is 9.20. The smallest absolute Gasteiger partial charge is 0.0890 e. The summed E-state index contributed by atoms with van der Waals surface area (Å²) in [6.45, 7) is 4.49. The zero-order valence-corrected chi connectivity index (χ0v) is 13.0. The maximum Gasteiger partial charge on any atom is 0.0890 e. The molecule has 0 aliphatic rings. The number of hydrazine groups is 1. The summed E-state index contributed by atoms with van der Waals surface area (Å²) in [7, 11) is 0. The van der Waals surface area contributed by atoms with Crippen LogP contribution in [-0.4, -0.2) is 9.97 Å². The highest BCUT2D eigenvalue weighted by atomic mass is 15.2. The summed E-state index contributed by atoms with van der Waals surface area (Å²) in [5, 5.41) is 0. The van der Waals surface area contributed by atoms with Gasteiger partial charge in [0.05, 0.1) is 29.0 Å². The number of fused-ring (bicyclic) bond motifs is 1. The molecule has 114 valence electrons.